The Morgan fingerprint density at radius 1 is 0.733 bits per heavy atom. The molecule has 0 spiro atoms. The van der Waals surface area contributed by atoms with Gasteiger partial charge in [0, 0.05) is 0 Å². The lowest BCUT2D eigenvalue weighted by Gasteiger charge is -1.88. The first-order valence-corrected chi connectivity index (χ1v) is 6.49. The highest BCUT2D eigenvalue weighted by atomic mass is 127. The van der Waals surface area contributed by atoms with Crippen molar-refractivity contribution in [3.05, 3.63) is 61.7 Å². The first-order chi connectivity index (χ1) is 6.84. The third-order valence-electron chi connectivity index (χ3n) is 1.78. The summed E-state index contributed by atoms with van der Waals surface area (Å²) in [5.41, 5.74) is 0. The van der Waals surface area contributed by atoms with E-state index in [0.29, 0.717) is 5.75 Å². The van der Waals surface area contributed by atoms with Gasteiger partial charge in [-0.1, -0.05) is 18.2 Å². The Kier molecular flexibility index (Phi) is 5.11. The summed E-state index contributed by atoms with van der Waals surface area (Å²) in [5.74, 6) is 0.339. The molecule has 0 unspecified atom stereocenters. The van der Waals surface area contributed by atoms with E-state index in [1.165, 1.54) is 7.14 Å². The molecule has 2 aromatic rings. The summed E-state index contributed by atoms with van der Waals surface area (Å²) in [4.78, 5) is 0. The lowest BCUT2D eigenvalue weighted by atomic mass is 10.3. The van der Waals surface area contributed by atoms with Crippen molar-refractivity contribution in [1.29, 1.82) is 0 Å². The summed E-state index contributed by atoms with van der Waals surface area (Å²) < 4.78 is 2.73. The second-order valence-corrected chi connectivity index (χ2v) is 5.90. The molecule has 0 bridgehead atoms. The van der Waals surface area contributed by atoms with E-state index in [9.17, 15) is 0 Å². The quantitative estimate of drug-likeness (QED) is 0.540. The van der Waals surface area contributed by atoms with Gasteiger partial charge in [0.2, 0.25) is 0 Å². The van der Waals surface area contributed by atoms with Crippen LogP contribution < -0.4 is 38.2 Å². The number of phenols is 1. The summed E-state index contributed by atoms with van der Waals surface area (Å²) in [6, 6.07) is 18.0. The minimum absolute atomic E-state index is 0. The molecule has 1 nitrogen and oxygen atoms in total. The van der Waals surface area contributed by atoms with Crippen LogP contribution in [-0.2, 0) is 0 Å². The van der Waals surface area contributed by atoms with E-state index in [1.54, 1.807) is 12.1 Å². The Hall–Kier alpha value is -0.550. The van der Waals surface area contributed by atoms with Crippen LogP contribution in [0.15, 0.2) is 54.6 Å². The lowest BCUT2D eigenvalue weighted by Crippen LogP contribution is -3.61. The minimum Gasteiger partial charge on any atom is -1.00 e. The van der Waals surface area contributed by atoms with Crippen LogP contribution >= 0.6 is 0 Å². The number of benzene rings is 2. The number of hydrogen-bond donors (Lipinski definition) is 1. The molecule has 1 N–H and O–H groups in total. The highest BCUT2D eigenvalue weighted by molar-refractivity contribution is 5.18. The molecule has 0 aliphatic carbocycles. The maximum Gasteiger partial charge on any atom is 0.357 e. The molecular weight excluding hydrogens is 367 g/mol. The molecule has 0 atom stereocenters. The molecule has 0 saturated heterocycles. The van der Waals surface area contributed by atoms with Gasteiger partial charge in [-0.25, -0.2) is 0 Å². The van der Waals surface area contributed by atoms with Gasteiger partial charge >= 0.3 is 21.2 Å². The fourth-order valence-electron chi connectivity index (χ4n) is 1.11. The van der Waals surface area contributed by atoms with E-state index in [1.807, 2.05) is 18.2 Å². The van der Waals surface area contributed by atoms with Gasteiger partial charge in [0.1, 0.15) is 5.75 Å². The van der Waals surface area contributed by atoms with Gasteiger partial charge in [-0.15, -0.1) is 0 Å². The Morgan fingerprint density at radius 3 is 1.87 bits per heavy atom. The minimum atomic E-state index is -0.0952. The van der Waals surface area contributed by atoms with E-state index < -0.39 is 0 Å². The monoisotopic (exact) mass is 376 g/mol. The van der Waals surface area contributed by atoms with Crippen LogP contribution in [0, 0.1) is 7.14 Å². The second kappa shape index (κ2) is 6.12. The number of hydrogen-bond acceptors (Lipinski definition) is 1. The molecule has 0 amide bonds. The van der Waals surface area contributed by atoms with E-state index >= 15 is 0 Å². The zero-order valence-electron chi connectivity index (χ0n) is 7.90. The van der Waals surface area contributed by atoms with E-state index in [-0.39, 0.29) is 38.2 Å². The molecular formula is C12H10BrIO. The number of phenolic OH excluding ortho intramolecular Hbond substituents is 1. The summed E-state index contributed by atoms with van der Waals surface area (Å²) in [7, 11) is 0. The summed E-state index contributed by atoms with van der Waals surface area (Å²) >= 11 is -0.0952. The van der Waals surface area contributed by atoms with Gasteiger partial charge in [0.05, 0.1) is 0 Å². The molecule has 2 aromatic carbocycles. The molecule has 78 valence electrons. The third kappa shape index (κ3) is 3.83. The van der Waals surface area contributed by atoms with Crippen molar-refractivity contribution in [1.82, 2.24) is 0 Å². The van der Waals surface area contributed by atoms with Crippen LogP contribution in [0.5, 0.6) is 5.75 Å². The average molecular weight is 377 g/mol. The first kappa shape index (κ1) is 12.5. The Morgan fingerprint density at radius 2 is 1.27 bits per heavy atom. The molecule has 3 heteroatoms. The van der Waals surface area contributed by atoms with Gasteiger partial charge in [-0.05, 0) is 36.4 Å². The van der Waals surface area contributed by atoms with E-state index in [4.69, 9.17) is 5.11 Å². The molecule has 15 heavy (non-hydrogen) atoms. The third-order valence-corrected chi connectivity index (χ3v) is 4.46. The maximum absolute atomic E-state index is 9.13. The molecule has 0 fully saturated rings. The molecule has 0 aliphatic heterocycles. The van der Waals surface area contributed by atoms with Gasteiger partial charge in [0.15, 0.2) is 7.14 Å². The van der Waals surface area contributed by atoms with Crippen molar-refractivity contribution in [2.24, 2.45) is 0 Å². The van der Waals surface area contributed by atoms with E-state index in [2.05, 4.69) is 24.3 Å². The molecule has 0 saturated carbocycles. The van der Waals surface area contributed by atoms with Crippen LogP contribution in [0.2, 0.25) is 0 Å². The Labute approximate surface area is 110 Å². The number of rotatable bonds is 2. The topological polar surface area (TPSA) is 20.2 Å². The fraction of sp³-hybridized carbons (Fsp3) is 0. The van der Waals surface area contributed by atoms with Crippen molar-refractivity contribution in [3.63, 3.8) is 0 Å². The van der Waals surface area contributed by atoms with Crippen molar-refractivity contribution in [2.75, 3.05) is 0 Å². The molecule has 2 rings (SSSR count). The average Bonchev–Trinajstić information content (AvgIpc) is 2.23. The van der Waals surface area contributed by atoms with E-state index in [0.717, 1.165) is 0 Å². The second-order valence-electron chi connectivity index (χ2n) is 2.87. The zero-order valence-corrected chi connectivity index (χ0v) is 11.6. The summed E-state index contributed by atoms with van der Waals surface area (Å²) in [6.45, 7) is 0. The van der Waals surface area contributed by atoms with Crippen LogP contribution in [0.25, 0.3) is 0 Å². The smallest absolute Gasteiger partial charge is 0.357 e. The number of aromatic hydroxyl groups is 1. The zero-order chi connectivity index (χ0) is 9.80. The van der Waals surface area contributed by atoms with Gasteiger partial charge in [-0.3, -0.25) is 0 Å². The Balaban J connectivity index is 0.00000112. The van der Waals surface area contributed by atoms with Crippen molar-refractivity contribution >= 4 is 0 Å². The largest absolute Gasteiger partial charge is 1.00 e. The van der Waals surface area contributed by atoms with Crippen molar-refractivity contribution in [2.45, 2.75) is 0 Å². The SMILES string of the molecule is Oc1ccc([I+]c2ccccc2)cc1.[Br-]. The van der Waals surface area contributed by atoms with Crippen molar-refractivity contribution < 1.29 is 43.3 Å². The highest BCUT2D eigenvalue weighted by Gasteiger charge is 2.13. The predicted octanol–water partition coefficient (Wildman–Crippen LogP) is -3.48. The van der Waals surface area contributed by atoms with Gasteiger partial charge in [0.25, 0.3) is 0 Å². The molecule has 0 aliphatic rings. The van der Waals surface area contributed by atoms with Gasteiger partial charge < -0.3 is 22.1 Å². The standard InChI is InChI=1S/C12H9IO.BrH/c14-12-8-6-11(7-9-12)13-10-4-2-1-3-5-10;/h1-9H;1H. The molecule has 0 aromatic heterocycles. The normalized spacial score (nSPS) is 9.33. The van der Waals surface area contributed by atoms with Gasteiger partial charge in [-0.2, -0.15) is 0 Å². The van der Waals surface area contributed by atoms with Crippen LogP contribution in [0.1, 0.15) is 0 Å². The molecule has 0 radical (unpaired) electrons. The highest BCUT2D eigenvalue weighted by Crippen LogP contribution is 2.03. The maximum atomic E-state index is 9.13. The van der Waals surface area contributed by atoms with Crippen LogP contribution in [0.3, 0.4) is 0 Å². The fourth-order valence-corrected chi connectivity index (χ4v) is 3.32. The number of halogens is 2. The first-order valence-electron chi connectivity index (χ1n) is 4.33. The summed E-state index contributed by atoms with van der Waals surface area (Å²) in [5, 5.41) is 9.13. The predicted molar refractivity (Wildman–Crippen MR) is 51.9 cm³/mol. The van der Waals surface area contributed by atoms with Crippen molar-refractivity contribution in [3.8, 4) is 5.75 Å². The van der Waals surface area contributed by atoms with Crippen LogP contribution in [0.4, 0.5) is 0 Å². The lowest BCUT2D eigenvalue weighted by molar-refractivity contribution is -0.597. The molecule has 0 heterocycles. The summed E-state index contributed by atoms with van der Waals surface area (Å²) in [6.07, 6.45) is 0. The van der Waals surface area contributed by atoms with Crippen LogP contribution in [-0.4, -0.2) is 5.11 Å². The Bertz CT molecular complexity index is 400.